The molecule has 2 rings (SSSR count). The highest BCUT2D eigenvalue weighted by Crippen LogP contribution is 2.12. The van der Waals surface area contributed by atoms with Gasteiger partial charge in [0.15, 0.2) is 5.96 Å². The van der Waals surface area contributed by atoms with E-state index in [0.717, 1.165) is 63.8 Å². The van der Waals surface area contributed by atoms with Gasteiger partial charge in [0.1, 0.15) is 5.75 Å². The lowest BCUT2D eigenvalue weighted by Crippen LogP contribution is -2.38. The van der Waals surface area contributed by atoms with E-state index in [-0.39, 0.29) is 0 Å². The molecule has 1 heterocycles. The maximum atomic E-state index is 5.33. The fourth-order valence-electron chi connectivity index (χ4n) is 2.56. The molecule has 0 saturated carbocycles. The van der Waals surface area contributed by atoms with Crippen molar-refractivity contribution in [2.24, 2.45) is 4.99 Å². The Labute approximate surface area is 145 Å². The predicted octanol–water partition coefficient (Wildman–Crippen LogP) is 2.53. The summed E-state index contributed by atoms with van der Waals surface area (Å²) in [7, 11) is 1.69. The first kappa shape index (κ1) is 18.3. The topological polar surface area (TPSA) is 54.9 Å². The van der Waals surface area contributed by atoms with Crippen LogP contribution in [0.15, 0.2) is 40.9 Å². The molecule has 1 aromatic rings. The van der Waals surface area contributed by atoms with E-state index in [1.165, 1.54) is 11.1 Å². The van der Waals surface area contributed by atoms with E-state index in [9.17, 15) is 0 Å². The molecule has 0 fully saturated rings. The van der Waals surface area contributed by atoms with Crippen molar-refractivity contribution >= 4 is 5.96 Å². The Bertz CT molecular complexity index is 538. The molecule has 0 amide bonds. The number of aliphatic imine (C=N–C) groups is 1. The van der Waals surface area contributed by atoms with Crippen molar-refractivity contribution in [2.75, 3.05) is 40.0 Å². The van der Waals surface area contributed by atoms with Crippen LogP contribution in [0.2, 0.25) is 0 Å². The molecule has 5 heteroatoms. The average molecular weight is 331 g/mol. The van der Waals surface area contributed by atoms with Crippen LogP contribution in [0.5, 0.6) is 5.75 Å². The molecule has 0 saturated heterocycles. The van der Waals surface area contributed by atoms with Crippen LogP contribution in [0.3, 0.4) is 0 Å². The zero-order valence-corrected chi connectivity index (χ0v) is 14.8. The number of rotatable bonds is 8. The second kappa shape index (κ2) is 10.7. The molecular weight excluding hydrogens is 302 g/mol. The maximum absolute atomic E-state index is 5.33. The summed E-state index contributed by atoms with van der Waals surface area (Å²) in [5.41, 5.74) is 2.74. The minimum atomic E-state index is 0.749. The monoisotopic (exact) mass is 331 g/mol. The number of hydrogen-bond acceptors (Lipinski definition) is 3. The zero-order chi connectivity index (χ0) is 17.0. The van der Waals surface area contributed by atoms with Gasteiger partial charge in [0.2, 0.25) is 0 Å². The van der Waals surface area contributed by atoms with E-state index in [2.05, 4.69) is 40.8 Å². The van der Waals surface area contributed by atoms with Crippen molar-refractivity contribution in [3.8, 4) is 5.75 Å². The summed E-state index contributed by atoms with van der Waals surface area (Å²) < 4.78 is 10.5. The maximum Gasteiger partial charge on any atom is 0.191 e. The van der Waals surface area contributed by atoms with E-state index in [4.69, 9.17) is 9.47 Å². The van der Waals surface area contributed by atoms with Gasteiger partial charge in [0.25, 0.3) is 0 Å². The van der Waals surface area contributed by atoms with Gasteiger partial charge in [-0.25, -0.2) is 0 Å². The first-order valence-corrected chi connectivity index (χ1v) is 8.72. The normalized spacial score (nSPS) is 14.9. The summed E-state index contributed by atoms with van der Waals surface area (Å²) in [6, 6.07) is 8.19. The van der Waals surface area contributed by atoms with Gasteiger partial charge in [-0.2, -0.15) is 0 Å². The molecule has 1 aliphatic rings. The minimum Gasteiger partial charge on any atom is -0.497 e. The Hall–Kier alpha value is -2.01. The largest absolute Gasteiger partial charge is 0.497 e. The third-order valence-electron chi connectivity index (χ3n) is 3.97. The number of nitrogens with zero attached hydrogens (tertiary/aromatic N) is 1. The molecule has 2 N–H and O–H groups in total. The third-order valence-corrected chi connectivity index (χ3v) is 3.97. The fourth-order valence-corrected chi connectivity index (χ4v) is 2.56. The highest BCUT2D eigenvalue weighted by atomic mass is 16.5. The van der Waals surface area contributed by atoms with Gasteiger partial charge in [-0.1, -0.05) is 23.8 Å². The second-order valence-electron chi connectivity index (χ2n) is 5.72. The van der Waals surface area contributed by atoms with Crippen LogP contribution >= 0.6 is 0 Å². The minimum absolute atomic E-state index is 0.749. The van der Waals surface area contributed by atoms with Gasteiger partial charge in [-0.3, -0.25) is 4.99 Å². The predicted molar refractivity (Wildman–Crippen MR) is 98.8 cm³/mol. The molecule has 0 bridgehead atoms. The second-order valence-corrected chi connectivity index (χ2v) is 5.72. The van der Waals surface area contributed by atoms with E-state index < -0.39 is 0 Å². The Morgan fingerprint density at radius 2 is 2.04 bits per heavy atom. The highest BCUT2D eigenvalue weighted by molar-refractivity contribution is 5.79. The summed E-state index contributed by atoms with van der Waals surface area (Å²) in [4.78, 5) is 4.66. The molecule has 0 spiro atoms. The first-order chi connectivity index (χ1) is 11.8. The van der Waals surface area contributed by atoms with Crippen molar-refractivity contribution in [3.63, 3.8) is 0 Å². The summed E-state index contributed by atoms with van der Waals surface area (Å²) in [6.45, 7) is 6.21. The number of ether oxygens (including phenoxy) is 2. The number of hydrogen-bond donors (Lipinski definition) is 2. The van der Waals surface area contributed by atoms with Crippen molar-refractivity contribution in [1.29, 1.82) is 0 Å². The van der Waals surface area contributed by atoms with Crippen LogP contribution in [-0.4, -0.2) is 45.9 Å². The van der Waals surface area contributed by atoms with Gasteiger partial charge < -0.3 is 20.1 Å². The van der Waals surface area contributed by atoms with Crippen LogP contribution in [-0.2, 0) is 11.2 Å². The molecule has 1 aliphatic heterocycles. The van der Waals surface area contributed by atoms with Gasteiger partial charge in [0.05, 0.1) is 20.3 Å². The third kappa shape index (κ3) is 6.62. The van der Waals surface area contributed by atoms with Crippen molar-refractivity contribution in [2.45, 2.75) is 26.2 Å². The number of guanidine groups is 1. The van der Waals surface area contributed by atoms with Gasteiger partial charge in [-0.15, -0.1) is 0 Å². The van der Waals surface area contributed by atoms with Crippen LogP contribution in [0, 0.1) is 0 Å². The Balaban J connectivity index is 1.74. The van der Waals surface area contributed by atoms with E-state index in [1.54, 1.807) is 7.11 Å². The van der Waals surface area contributed by atoms with Crippen LogP contribution in [0.4, 0.5) is 0 Å². The zero-order valence-electron chi connectivity index (χ0n) is 14.8. The van der Waals surface area contributed by atoms with Crippen molar-refractivity contribution < 1.29 is 9.47 Å². The van der Waals surface area contributed by atoms with Crippen LogP contribution < -0.4 is 15.4 Å². The quantitative estimate of drug-likeness (QED) is 0.437. The summed E-state index contributed by atoms with van der Waals surface area (Å²) in [5, 5.41) is 6.70. The smallest absolute Gasteiger partial charge is 0.191 e. The fraction of sp³-hybridized carbons (Fsp3) is 0.526. The van der Waals surface area contributed by atoms with E-state index >= 15 is 0 Å². The molecule has 1 aromatic carbocycles. The van der Waals surface area contributed by atoms with Crippen molar-refractivity contribution in [1.82, 2.24) is 10.6 Å². The Morgan fingerprint density at radius 3 is 2.71 bits per heavy atom. The van der Waals surface area contributed by atoms with E-state index in [1.807, 2.05) is 12.1 Å². The lowest BCUT2D eigenvalue weighted by Gasteiger charge is -2.14. The van der Waals surface area contributed by atoms with E-state index in [0.29, 0.717) is 0 Å². The SMILES string of the molecule is CCNC(=NCCC1=CCOCC1)NCCc1ccc(OC)cc1. The number of nitrogens with one attached hydrogen (secondary N) is 2. The van der Waals surface area contributed by atoms with Gasteiger partial charge in [-0.05, 0) is 43.9 Å². The van der Waals surface area contributed by atoms with Crippen molar-refractivity contribution in [3.05, 3.63) is 41.5 Å². The van der Waals surface area contributed by atoms with Crippen LogP contribution in [0.25, 0.3) is 0 Å². The van der Waals surface area contributed by atoms with Crippen LogP contribution in [0.1, 0.15) is 25.3 Å². The summed E-state index contributed by atoms with van der Waals surface area (Å²) in [5.74, 6) is 1.78. The standard InChI is InChI=1S/C19H29N3O2/c1-3-20-19(22-13-9-17-10-14-24-15-11-17)21-12-8-16-4-6-18(23-2)7-5-16/h4-7,10H,3,8-9,11-15H2,1-2H3,(H2,20,21,22). The molecule has 0 aliphatic carbocycles. The molecule has 5 nitrogen and oxygen atoms in total. The average Bonchev–Trinajstić information content (AvgIpc) is 2.63. The Morgan fingerprint density at radius 1 is 1.21 bits per heavy atom. The Kier molecular flexibility index (Phi) is 8.18. The summed E-state index contributed by atoms with van der Waals surface area (Å²) in [6.07, 6.45) is 5.19. The molecule has 132 valence electrons. The summed E-state index contributed by atoms with van der Waals surface area (Å²) >= 11 is 0. The molecule has 0 unspecified atom stereocenters. The number of benzene rings is 1. The molecule has 0 aromatic heterocycles. The lowest BCUT2D eigenvalue weighted by molar-refractivity contribution is 0.153. The molecular formula is C19H29N3O2. The first-order valence-electron chi connectivity index (χ1n) is 8.72. The highest BCUT2D eigenvalue weighted by Gasteiger charge is 2.03. The number of methoxy groups -OCH3 is 1. The lowest BCUT2D eigenvalue weighted by atomic mass is 10.1. The molecule has 24 heavy (non-hydrogen) atoms. The molecule has 0 atom stereocenters. The van der Waals surface area contributed by atoms with Gasteiger partial charge in [0, 0.05) is 19.6 Å². The van der Waals surface area contributed by atoms with Gasteiger partial charge >= 0.3 is 0 Å². The molecule has 0 radical (unpaired) electrons.